The van der Waals surface area contributed by atoms with Gasteiger partial charge in [0.2, 0.25) is 0 Å². The number of halogens is 2. The van der Waals surface area contributed by atoms with E-state index in [-0.39, 0.29) is 17.9 Å². The third-order valence-corrected chi connectivity index (χ3v) is 2.98. The first-order valence-corrected chi connectivity index (χ1v) is 5.96. The molecule has 2 rings (SSSR count). The summed E-state index contributed by atoms with van der Waals surface area (Å²) in [6.45, 7) is 0.285. The Balaban J connectivity index is 2.25. The van der Waals surface area contributed by atoms with Crippen LogP contribution in [0.2, 0.25) is 0 Å². The van der Waals surface area contributed by atoms with Gasteiger partial charge in [0.05, 0.1) is 5.56 Å². The quantitative estimate of drug-likeness (QED) is 0.932. The minimum atomic E-state index is -1.17. The van der Waals surface area contributed by atoms with Crippen molar-refractivity contribution in [3.05, 3.63) is 65.2 Å². The molecule has 0 saturated carbocycles. The molecule has 0 radical (unpaired) electrons. The summed E-state index contributed by atoms with van der Waals surface area (Å²) in [5.74, 6) is -2.10. The summed E-state index contributed by atoms with van der Waals surface area (Å²) in [5, 5.41) is 9.08. The predicted molar refractivity (Wildman–Crippen MR) is 71.9 cm³/mol. The summed E-state index contributed by atoms with van der Waals surface area (Å²) in [5.41, 5.74) is 1.16. The van der Waals surface area contributed by atoms with Gasteiger partial charge in [-0.3, -0.25) is 0 Å². The second-order valence-corrected chi connectivity index (χ2v) is 4.44. The van der Waals surface area contributed by atoms with Gasteiger partial charge in [-0.15, -0.1) is 0 Å². The van der Waals surface area contributed by atoms with Gasteiger partial charge in [-0.2, -0.15) is 0 Å². The van der Waals surface area contributed by atoms with Crippen LogP contribution in [0.3, 0.4) is 0 Å². The zero-order chi connectivity index (χ0) is 14.7. The number of hydrogen-bond acceptors (Lipinski definition) is 2. The summed E-state index contributed by atoms with van der Waals surface area (Å²) in [6.07, 6.45) is 0. The first-order valence-electron chi connectivity index (χ1n) is 5.96. The van der Waals surface area contributed by atoms with E-state index in [0.29, 0.717) is 5.56 Å². The molecule has 3 nitrogen and oxygen atoms in total. The maximum absolute atomic E-state index is 13.1. The summed E-state index contributed by atoms with van der Waals surface area (Å²) in [6, 6.07) is 9.51. The maximum atomic E-state index is 13.1. The van der Waals surface area contributed by atoms with Crippen molar-refractivity contribution >= 4 is 11.7 Å². The zero-order valence-corrected chi connectivity index (χ0v) is 10.8. The molecule has 0 aliphatic carbocycles. The lowest BCUT2D eigenvalue weighted by molar-refractivity contribution is 0.0695. The van der Waals surface area contributed by atoms with Crippen molar-refractivity contribution in [1.82, 2.24) is 0 Å². The number of nitrogens with zero attached hydrogens (tertiary/aromatic N) is 1. The number of hydrogen-bond donors (Lipinski definition) is 1. The van der Waals surface area contributed by atoms with Crippen LogP contribution in [-0.4, -0.2) is 18.1 Å². The molecule has 104 valence electrons. The molecule has 2 aromatic carbocycles. The van der Waals surface area contributed by atoms with Crippen LogP contribution in [0, 0.1) is 11.6 Å². The van der Waals surface area contributed by atoms with E-state index in [1.165, 1.54) is 24.3 Å². The molecule has 0 fully saturated rings. The van der Waals surface area contributed by atoms with Crippen LogP contribution in [0.25, 0.3) is 0 Å². The monoisotopic (exact) mass is 277 g/mol. The van der Waals surface area contributed by atoms with E-state index >= 15 is 0 Å². The molecule has 5 heteroatoms. The Bertz CT molecular complexity index is 626. The fourth-order valence-electron chi connectivity index (χ4n) is 1.93. The molecule has 0 amide bonds. The van der Waals surface area contributed by atoms with Crippen molar-refractivity contribution in [2.75, 3.05) is 11.9 Å². The van der Waals surface area contributed by atoms with Crippen LogP contribution in [0.15, 0.2) is 42.5 Å². The van der Waals surface area contributed by atoms with Crippen molar-refractivity contribution in [2.45, 2.75) is 6.54 Å². The van der Waals surface area contributed by atoms with Gasteiger partial charge in [-0.25, -0.2) is 13.6 Å². The summed E-state index contributed by atoms with van der Waals surface area (Å²) in [4.78, 5) is 12.9. The minimum Gasteiger partial charge on any atom is -0.478 e. The average molecular weight is 277 g/mol. The predicted octanol–water partition coefficient (Wildman–Crippen LogP) is 3.30. The second-order valence-electron chi connectivity index (χ2n) is 4.44. The number of carboxylic acids is 1. The van der Waals surface area contributed by atoms with Crippen molar-refractivity contribution < 1.29 is 18.7 Å². The highest BCUT2D eigenvalue weighted by Crippen LogP contribution is 2.19. The topological polar surface area (TPSA) is 40.5 Å². The molecule has 0 unspecified atom stereocenters. The zero-order valence-electron chi connectivity index (χ0n) is 10.8. The molecule has 0 heterocycles. The highest BCUT2D eigenvalue weighted by molar-refractivity contribution is 5.89. The van der Waals surface area contributed by atoms with E-state index in [9.17, 15) is 13.6 Å². The van der Waals surface area contributed by atoms with E-state index in [1.54, 1.807) is 24.1 Å². The highest BCUT2D eigenvalue weighted by atomic mass is 19.1. The maximum Gasteiger partial charge on any atom is 0.336 e. The lowest BCUT2D eigenvalue weighted by Gasteiger charge is -2.20. The van der Waals surface area contributed by atoms with Gasteiger partial charge in [0, 0.05) is 19.3 Å². The first kappa shape index (κ1) is 14.0. The molecule has 0 aliphatic heterocycles. The SMILES string of the molecule is CN(Cc1ccc(F)cc1C(=O)O)c1ccc(F)cc1. The van der Waals surface area contributed by atoms with Crippen molar-refractivity contribution in [3.8, 4) is 0 Å². The molecule has 20 heavy (non-hydrogen) atoms. The molecule has 1 N–H and O–H groups in total. The molecule has 0 aliphatic rings. The van der Waals surface area contributed by atoms with Gasteiger partial charge in [0.1, 0.15) is 11.6 Å². The van der Waals surface area contributed by atoms with Gasteiger partial charge in [0.25, 0.3) is 0 Å². The third kappa shape index (κ3) is 3.12. The van der Waals surface area contributed by atoms with Crippen molar-refractivity contribution in [3.63, 3.8) is 0 Å². The van der Waals surface area contributed by atoms with Crippen molar-refractivity contribution in [1.29, 1.82) is 0 Å². The van der Waals surface area contributed by atoms with Crippen LogP contribution in [-0.2, 0) is 6.54 Å². The normalized spacial score (nSPS) is 10.3. The molecule has 0 saturated heterocycles. The first-order chi connectivity index (χ1) is 9.47. The number of rotatable bonds is 4. The van der Waals surface area contributed by atoms with Gasteiger partial charge in [-0.1, -0.05) is 6.07 Å². The molecule has 0 aromatic heterocycles. The lowest BCUT2D eigenvalue weighted by atomic mass is 10.1. The van der Waals surface area contributed by atoms with E-state index in [2.05, 4.69) is 0 Å². The van der Waals surface area contributed by atoms with Crippen LogP contribution < -0.4 is 4.90 Å². The van der Waals surface area contributed by atoms with E-state index in [0.717, 1.165) is 11.8 Å². The highest BCUT2D eigenvalue weighted by Gasteiger charge is 2.13. The summed E-state index contributed by atoms with van der Waals surface area (Å²) < 4.78 is 25.9. The Morgan fingerprint density at radius 3 is 2.30 bits per heavy atom. The van der Waals surface area contributed by atoms with Crippen LogP contribution in [0.5, 0.6) is 0 Å². The fourth-order valence-corrected chi connectivity index (χ4v) is 1.93. The lowest BCUT2D eigenvalue weighted by Crippen LogP contribution is -2.18. The molecule has 0 atom stereocenters. The number of carbonyl (C=O) groups is 1. The summed E-state index contributed by atoms with van der Waals surface area (Å²) in [7, 11) is 1.75. The molecule has 2 aromatic rings. The Kier molecular flexibility index (Phi) is 3.98. The van der Waals surface area contributed by atoms with Gasteiger partial charge < -0.3 is 10.0 Å². The van der Waals surface area contributed by atoms with Gasteiger partial charge >= 0.3 is 5.97 Å². The van der Waals surface area contributed by atoms with E-state index in [4.69, 9.17) is 5.11 Å². The van der Waals surface area contributed by atoms with Crippen molar-refractivity contribution in [2.24, 2.45) is 0 Å². The number of benzene rings is 2. The molecular formula is C15H13F2NO2. The fraction of sp³-hybridized carbons (Fsp3) is 0.133. The van der Waals surface area contributed by atoms with E-state index < -0.39 is 11.8 Å². The van der Waals surface area contributed by atoms with Crippen LogP contribution >= 0.6 is 0 Å². The summed E-state index contributed by atoms with van der Waals surface area (Å²) >= 11 is 0. The Morgan fingerprint density at radius 1 is 1.10 bits per heavy atom. The number of anilines is 1. The second kappa shape index (κ2) is 5.69. The van der Waals surface area contributed by atoms with Crippen LogP contribution in [0.4, 0.5) is 14.5 Å². The standard InChI is InChI=1S/C15H13F2NO2/c1-18(13-6-4-11(16)5-7-13)9-10-2-3-12(17)8-14(10)15(19)20/h2-8H,9H2,1H3,(H,19,20). The largest absolute Gasteiger partial charge is 0.478 e. The molecule has 0 spiro atoms. The van der Waals surface area contributed by atoms with Crippen LogP contribution in [0.1, 0.15) is 15.9 Å². The number of aromatic carboxylic acids is 1. The van der Waals surface area contributed by atoms with Gasteiger partial charge in [-0.05, 0) is 42.0 Å². The minimum absolute atomic E-state index is 0.0704. The smallest absolute Gasteiger partial charge is 0.336 e. The van der Waals surface area contributed by atoms with E-state index in [1.807, 2.05) is 0 Å². The Labute approximate surface area is 115 Å². The van der Waals surface area contributed by atoms with Gasteiger partial charge in [0.15, 0.2) is 0 Å². The Hall–Kier alpha value is -2.43. The molecule has 0 bridgehead atoms. The third-order valence-electron chi connectivity index (χ3n) is 2.98. The average Bonchev–Trinajstić information content (AvgIpc) is 2.41. The Morgan fingerprint density at radius 2 is 1.70 bits per heavy atom. The number of carboxylic acid groups (broad SMARTS) is 1. The molecular weight excluding hydrogens is 264 g/mol.